The van der Waals surface area contributed by atoms with Gasteiger partial charge in [-0.2, -0.15) is 12.1 Å². The maximum atomic E-state index is 4.93. The molecule has 1 aliphatic carbocycles. The molecule has 0 bridgehead atoms. The van der Waals surface area contributed by atoms with Crippen LogP contribution in [0.25, 0.3) is 32.7 Å². The van der Waals surface area contributed by atoms with Crippen molar-refractivity contribution in [2.75, 3.05) is 0 Å². The van der Waals surface area contributed by atoms with E-state index < -0.39 is 20.8 Å². The van der Waals surface area contributed by atoms with Crippen molar-refractivity contribution in [2.45, 2.75) is 110 Å². The Bertz CT molecular complexity index is 1540. The Hall–Kier alpha value is -1.44. The second kappa shape index (κ2) is 20.0. The Morgan fingerprint density at radius 3 is 1.96 bits per heavy atom. The average molecular weight is 735 g/mol. The van der Waals surface area contributed by atoms with Crippen molar-refractivity contribution in [1.82, 2.24) is 0 Å². The first-order valence-electron chi connectivity index (χ1n) is 16.8. The average Bonchev–Trinajstić information content (AvgIpc) is 3.68. The predicted octanol–water partition coefficient (Wildman–Crippen LogP) is 14.3. The zero-order valence-corrected chi connectivity index (χ0v) is 33.5. The second-order valence-corrected chi connectivity index (χ2v) is 17.4. The summed E-state index contributed by atoms with van der Waals surface area (Å²) < 4.78 is 0. The third-order valence-corrected chi connectivity index (χ3v) is 9.32. The Kier molecular flexibility index (Phi) is 16.9. The van der Waals surface area contributed by atoms with Crippen LogP contribution in [0.3, 0.4) is 0 Å². The van der Waals surface area contributed by atoms with Crippen LogP contribution in [0.1, 0.15) is 113 Å². The molecule has 6 rings (SSSR count). The number of hydrogen-bond acceptors (Lipinski definition) is 0. The van der Waals surface area contributed by atoms with Gasteiger partial charge in [-0.15, -0.1) is 69.1 Å². The van der Waals surface area contributed by atoms with Gasteiger partial charge in [0.05, 0.1) is 0 Å². The molecule has 0 nitrogen and oxygen atoms in total. The van der Waals surface area contributed by atoms with E-state index in [9.17, 15) is 0 Å². The molecule has 238 valence electrons. The summed E-state index contributed by atoms with van der Waals surface area (Å²) in [5.74, 6) is 2.12. The Labute approximate surface area is 295 Å². The normalized spacial score (nSPS) is 14.2. The molecule has 1 aliphatic rings. The van der Waals surface area contributed by atoms with Crippen molar-refractivity contribution in [3.63, 3.8) is 0 Å². The van der Waals surface area contributed by atoms with Crippen LogP contribution >= 0.6 is 17.0 Å². The summed E-state index contributed by atoms with van der Waals surface area (Å²) >= 11 is -0.826. The second-order valence-electron chi connectivity index (χ2n) is 12.6. The van der Waals surface area contributed by atoms with Gasteiger partial charge in [-0.3, -0.25) is 0 Å². The van der Waals surface area contributed by atoms with Gasteiger partial charge in [0.15, 0.2) is 0 Å². The molecule has 0 aromatic heterocycles. The third kappa shape index (κ3) is 10.8. The van der Waals surface area contributed by atoms with Crippen LogP contribution < -0.4 is 0 Å². The van der Waals surface area contributed by atoms with Crippen molar-refractivity contribution >= 4 is 48.1 Å². The fraction of sp³-hybridized carbons (Fsp3) is 0.415. The molecule has 0 saturated heterocycles. The van der Waals surface area contributed by atoms with E-state index in [1.165, 1.54) is 99.9 Å². The Balaban J connectivity index is 0.000000214. The summed E-state index contributed by atoms with van der Waals surface area (Å²) in [6, 6.07) is 32.1. The Morgan fingerprint density at radius 2 is 1.36 bits per heavy atom. The van der Waals surface area contributed by atoms with E-state index in [1.807, 2.05) is 0 Å². The van der Waals surface area contributed by atoms with E-state index in [0.717, 1.165) is 15.4 Å². The number of benzene rings is 3. The van der Waals surface area contributed by atoms with E-state index in [-0.39, 0.29) is 0 Å². The molecule has 0 N–H and O–H groups in total. The van der Waals surface area contributed by atoms with Gasteiger partial charge in [-0.1, -0.05) is 127 Å². The molecular weight excluding hydrogens is 683 g/mol. The Morgan fingerprint density at radius 1 is 0.778 bits per heavy atom. The number of hydrogen-bond donors (Lipinski definition) is 0. The molecular formula is C41H52Cl2SiZr. The van der Waals surface area contributed by atoms with Crippen molar-refractivity contribution in [3.8, 4) is 11.1 Å². The molecule has 5 aromatic carbocycles. The molecule has 2 unspecified atom stereocenters. The van der Waals surface area contributed by atoms with Crippen LogP contribution in [-0.4, -0.2) is 9.52 Å². The van der Waals surface area contributed by atoms with Gasteiger partial charge in [0.25, 0.3) is 0 Å². The van der Waals surface area contributed by atoms with Gasteiger partial charge in [0.1, 0.15) is 0 Å². The van der Waals surface area contributed by atoms with E-state index >= 15 is 0 Å². The molecule has 2 radical (unpaired) electrons. The number of rotatable bonds is 6. The monoisotopic (exact) mass is 732 g/mol. The molecule has 0 heterocycles. The molecule has 1 saturated carbocycles. The molecule has 45 heavy (non-hydrogen) atoms. The number of fused-ring (bicyclic) bond motifs is 2. The van der Waals surface area contributed by atoms with E-state index in [0.29, 0.717) is 11.8 Å². The minimum absolute atomic E-state index is 0.658. The molecule has 4 heteroatoms. The quantitative estimate of drug-likeness (QED) is 0.120. The number of aryl methyl sites for hydroxylation is 1. The first-order chi connectivity index (χ1) is 21.8. The van der Waals surface area contributed by atoms with Crippen LogP contribution in [0.4, 0.5) is 0 Å². The van der Waals surface area contributed by atoms with Crippen LogP contribution in [0.15, 0.2) is 84.9 Å². The van der Waals surface area contributed by atoms with Gasteiger partial charge >= 0.3 is 37.9 Å². The SMILES string of the molecule is CCC(C)c1cc2c(C(C)CC)cccc2[cH-]1.C[Si]C.Cc1cc2c(-c3ccc(C4CCCCC4)cc3)cccc2[cH-]1.[Cl][Zr+2][Cl]. The summed E-state index contributed by atoms with van der Waals surface area (Å²) in [4.78, 5) is 0. The minimum atomic E-state index is -0.826. The summed E-state index contributed by atoms with van der Waals surface area (Å²) in [6.45, 7) is 15.7. The van der Waals surface area contributed by atoms with Gasteiger partial charge < -0.3 is 0 Å². The standard InChI is InChI=1S/C22H23.C17H23.C2H6Si.2ClH.Zr/c1-16-14-20-8-5-9-21(22(20)15-16)19-12-10-18(11-13-19)17-6-3-2-4-7-17;1-5-12(3)15-10-14-8-7-9-16(13(4)6-2)17(14)11-15;1-3-2;;;/h5,8-15,17H,2-4,6-7H2,1H3;7-13H,5-6H2,1-4H3;1-2H3;2*1H;/q2*-1;;;;+4/p-2. The van der Waals surface area contributed by atoms with Crippen LogP contribution in [0, 0.1) is 6.92 Å². The van der Waals surface area contributed by atoms with Crippen LogP contribution in [-0.2, 0) is 20.8 Å². The molecule has 5 aromatic rings. The van der Waals surface area contributed by atoms with Crippen LogP contribution in [0.2, 0.25) is 13.1 Å². The molecule has 0 spiro atoms. The molecule has 2 atom stereocenters. The van der Waals surface area contributed by atoms with Gasteiger partial charge in [-0.25, -0.2) is 0 Å². The van der Waals surface area contributed by atoms with Gasteiger partial charge in [0, 0.05) is 9.52 Å². The zero-order chi connectivity index (χ0) is 32.8. The summed E-state index contributed by atoms with van der Waals surface area (Å²) in [6.07, 6.45) is 9.40. The van der Waals surface area contributed by atoms with Crippen molar-refractivity contribution < 1.29 is 20.8 Å². The molecule has 1 fully saturated rings. The van der Waals surface area contributed by atoms with Crippen molar-refractivity contribution in [3.05, 3.63) is 107 Å². The topological polar surface area (TPSA) is 0 Å². The third-order valence-electron chi connectivity index (χ3n) is 9.32. The zero-order valence-electron chi connectivity index (χ0n) is 28.5. The van der Waals surface area contributed by atoms with Gasteiger partial charge in [0.2, 0.25) is 0 Å². The van der Waals surface area contributed by atoms with E-state index in [4.69, 9.17) is 17.0 Å². The predicted molar refractivity (Wildman–Crippen MR) is 202 cm³/mol. The van der Waals surface area contributed by atoms with Gasteiger partial charge in [-0.05, 0) is 41.7 Å². The summed E-state index contributed by atoms with van der Waals surface area (Å²) in [5.41, 5.74) is 8.60. The summed E-state index contributed by atoms with van der Waals surface area (Å²) in [7, 11) is 11.0. The maximum absolute atomic E-state index is 4.93. The van der Waals surface area contributed by atoms with E-state index in [2.05, 4.69) is 133 Å². The fourth-order valence-corrected chi connectivity index (χ4v) is 6.46. The first-order valence-corrected chi connectivity index (χ1v) is 25.1. The van der Waals surface area contributed by atoms with Crippen molar-refractivity contribution in [1.29, 1.82) is 0 Å². The van der Waals surface area contributed by atoms with Crippen LogP contribution in [0.5, 0.6) is 0 Å². The molecule has 0 amide bonds. The van der Waals surface area contributed by atoms with Crippen molar-refractivity contribution in [2.24, 2.45) is 0 Å². The molecule has 0 aliphatic heterocycles. The van der Waals surface area contributed by atoms with E-state index in [1.54, 1.807) is 0 Å². The number of halogens is 2. The first kappa shape index (κ1) is 38.0. The summed E-state index contributed by atoms with van der Waals surface area (Å²) in [5, 5.41) is 5.62. The fourth-order valence-electron chi connectivity index (χ4n) is 6.46.